The van der Waals surface area contributed by atoms with E-state index < -0.39 is 6.67 Å². The van der Waals surface area contributed by atoms with E-state index in [0.29, 0.717) is 29.5 Å². The van der Waals surface area contributed by atoms with Crippen LogP contribution in [0.2, 0.25) is 5.02 Å². The molecule has 4 aromatic rings. The number of rotatable bonds is 7. The Morgan fingerprint density at radius 1 is 1.06 bits per heavy atom. The fraction of sp³-hybridized carbons (Fsp3) is 0.231. The predicted octanol–water partition coefficient (Wildman–Crippen LogP) is 6.71. The molecular formula is C26H25ClFN3O. The topological polar surface area (TPSA) is 49.0 Å². The van der Waals surface area contributed by atoms with Crippen LogP contribution in [-0.4, -0.2) is 27.3 Å². The van der Waals surface area contributed by atoms with Crippen molar-refractivity contribution >= 4 is 28.5 Å². The molecule has 0 aliphatic rings. The molecule has 0 radical (unpaired) electrons. The number of H-pyrrole nitrogens is 1. The maximum absolute atomic E-state index is 13.1. The molecule has 0 atom stereocenters. The van der Waals surface area contributed by atoms with Crippen LogP contribution in [0.3, 0.4) is 0 Å². The first-order valence-corrected chi connectivity index (χ1v) is 11.1. The molecule has 6 heteroatoms. The predicted molar refractivity (Wildman–Crippen MR) is 128 cm³/mol. The lowest BCUT2D eigenvalue weighted by atomic mass is 9.99. The van der Waals surface area contributed by atoms with E-state index in [4.69, 9.17) is 11.6 Å². The maximum Gasteiger partial charge on any atom is 0.254 e. The van der Waals surface area contributed by atoms with Crippen LogP contribution < -0.4 is 0 Å². The molecule has 32 heavy (non-hydrogen) atoms. The first kappa shape index (κ1) is 22.0. The lowest BCUT2D eigenvalue weighted by Crippen LogP contribution is -2.31. The van der Waals surface area contributed by atoms with Gasteiger partial charge >= 0.3 is 0 Å². The van der Waals surface area contributed by atoms with Crippen molar-refractivity contribution in [1.82, 2.24) is 14.9 Å². The average Bonchev–Trinajstić information content (AvgIpc) is 3.22. The number of carbonyl (C=O) groups is 1. The van der Waals surface area contributed by atoms with E-state index in [2.05, 4.69) is 42.0 Å². The van der Waals surface area contributed by atoms with E-state index >= 15 is 0 Å². The number of aromatic amines is 1. The summed E-state index contributed by atoms with van der Waals surface area (Å²) in [5.41, 5.74) is 6.45. The summed E-state index contributed by atoms with van der Waals surface area (Å²) in [6.45, 7) is 4.69. The van der Waals surface area contributed by atoms with Gasteiger partial charge < -0.3 is 9.88 Å². The Labute approximate surface area is 192 Å². The molecule has 4 rings (SSSR count). The molecule has 4 nitrogen and oxygen atoms in total. The Bertz CT molecular complexity index is 1250. The number of aryl methyl sites for hydroxylation is 1. The first-order chi connectivity index (χ1) is 15.5. The van der Waals surface area contributed by atoms with E-state index in [-0.39, 0.29) is 5.91 Å². The van der Waals surface area contributed by atoms with Gasteiger partial charge in [-0.1, -0.05) is 36.7 Å². The third-order valence-electron chi connectivity index (χ3n) is 5.57. The molecular weight excluding hydrogens is 425 g/mol. The third-order valence-corrected chi connectivity index (χ3v) is 5.83. The molecule has 0 saturated heterocycles. The highest BCUT2D eigenvalue weighted by molar-refractivity contribution is 6.30. The molecule has 1 aromatic heterocycles. The van der Waals surface area contributed by atoms with Crippen molar-refractivity contribution < 1.29 is 9.18 Å². The Kier molecular flexibility index (Phi) is 6.56. The van der Waals surface area contributed by atoms with E-state index in [1.54, 1.807) is 24.3 Å². The summed E-state index contributed by atoms with van der Waals surface area (Å²) in [5, 5.41) is 0.611. The van der Waals surface area contributed by atoms with E-state index in [9.17, 15) is 9.18 Å². The second kappa shape index (κ2) is 9.53. The van der Waals surface area contributed by atoms with Gasteiger partial charge in [-0.2, -0.15) is 0 Å². The molecule has 0 fully saturated rings. The van der Waals surface area contributed by atoms with Gasteiger partial charge in [0, 0.05) is 23.7 Å². The smallest absolute Gasteiger partial charge is 0.254 e. The van der Waals surface area contributed by atoms with Crippen molar-refractivity contribution in [2.45, 2.75) is 33.5 Å². The van der Waals surface area contributed by atoms with Gasteiger partial charge in [-0.25, -0.2) is 9.37 Å². The molecule has 3 aromatic carbocycles. The van der Waals surface area contributed by atoms with E-state index in [1.807, 2.05) is 23.1 Å². The van der Waals surface area contributed by atoms with Gasteiger partial charge in [0.05, 0.1) is 11.0 Å². The van der Waals surface area contributed by atoms with Gasteiger partial charge in [0.1, 0.15) is 12.5 Å². The van der Waals surface area contributed by atoms with Gasteiger partial charge in [-0.05, 0) is 78.1 Å². The highest BCUT2D eigenvalue weighted by Crippen LogP contribution is 2.27. The monoisotopic (exact) mass is 449 g/mol. The van der Waals surface area contributed by atoms with Gasteiger partial charge in [0.25, 0.3) is 5.91 Å². The average molecular weight is 450 g/mol. The minimum Gasteiger partial charge on any atom is -0.340 e. The van der Waals surface area contributed by atoms with Crippen LogP contribution in [0.25, 0.3) is 22.2 Å². The number of carbonyl (C=O) groups excluding carboxylic acids is 1. The number of hydrogen-bond donors (Lipinski definition) is 1. The first-order valence-electron chi connectivity index (χ1n) is 10.7. The lowest BCUT2D eigenvalue weighted by molar-refractivity contribution is 0.0743. The number of imidazole rings is 1. The second-order valence-corrected chi connectivity index (χ2v) is 8.36. The molecule has 1 amide bonds. The molecule has 0 bridgehead atoms. The number of nitrogens with one attached hydrogen (secondary N) is 1. The highest BCUT2D eigenvalue weighted by Gasteiger charge is 2.17. The molecule has 0 unspecified atom stereocenters. The lowest BCUT2D eigenvalue weighted by Gasteiger charge is -2.24. The minimum atomic E-state index is -0.617. The van der Waals surface area contributed by atoms with Crippen molar-refractivity contribution in [3.05, 3.63) is 88.2 Å². The van der Waals surface area contributed by atoms with Crippen molar-refractivity contribution in [3.63, 3.8) is 0 Å². The molecule has 1 heterocycles. The third kappa shape index (κ3) is 4.68. The fourth-order valence-corrected chi connectivity index (χ4v) is 3.96. The summed E-state index contributed by atoms with van der Waals surface area (Å²) in [6, 6.07) is 19.2. The summed E-state index contributed by atoms with van der Waals surface area (Å²) in [7, 11) is 0. The van der Waals surface area contributed by atoms with Crippen molar-refractivity contribution in [1.29, 1.82) is 0 Å². The number of fused-ring (bicyclic) bond motifs is 1. The molecule has 164 valence electrons. The Morgan fingerprint density at radius 2 is 1.78 bits per heavy atom. The zero-order valence-electron chi connectivity index (χ0n) is 18.2. The van der Waals surface area contributed by atoms with Gasteiger partial charge in [0.2, 0.25) is 0 Å². The number of halogens is 2. The number of benzene rings is 3. The highest BCUT2D eigenvalue weighted by atomic mass is 35.5. The van der Waals surface area contributed by atoms with Crippen molar-refractivity contribution in [2.24, 2.45) is 0 Å². The van der Waals surface area contributed by atoms with Crippen LogP contribution in [0.5, 0.6) is 0 Å². The van der Waals surface area contributed by atoms with E-state index in [0.717, 1.165) is 39.7 Å². The Morgan fingerprint density at radius 3 is 2.50 bits per heavy atom. The molecule has 0 aliphatic carbocycles. The summed E-state index contributed by atoms with van der Waals surface area (Å²) >= 11 is 5.98. The molecule has 0 saturated carbocycles. The quantitative estimate of drug-likeness (QED) is 0.340. The Hall–Kier alpha value is -3.18. The summed E-state index contributed by atoms with van der Waals surface area (Å²) < 4.78 is 12.9. The van der Waals surface area contributed by atoms with Gasteiger partial charge in [0.15, 0.2) is 0 Å². The number of aromatic nitrogens is 2. The fourth-order valence-electron chi connectivity index (χ4n) is 3.83. The maximum atomic E-state index is 13.1. The zero-order valence-corrected chi connectivity index (χ0v) is 18.9. The van der Waals surface area contributed by atoms with Crippen LogP contribution in [0.4, 0.5) is 4.39 Å². The van der Waals surface area contributed by atoms with Crippen LogP contribution >= 0.6 is 11.6 Å². The SMILES string of the molecule is CCCN(Cc1cc(-c2ccc3nc(CF)[nH]c3c2)ccc1C)C(=O)c1ccc(Cl)cc1. The van der Waals surface area contributed by atoms with Gasteiger partial charge in [-0.15, -0.1) is 0 Å². The van der Waals surface area contributed by atoms with Gasteiger partial charge in [-0.3, -0.25) is 4.79 Å². The largest absolute Gasteiger partial charge is 0.340 e. The van der Waals surface area contributed by atoms with Crippen LogP contribution in [0.15, 0.2) is 60.7 Å². The zero-order chi connectivity index (χ0) is 22.7. The Balaban J connectivity index is 1.63. The van der Waals surface area contributed by atoms with E-state index in [1.165, 1.54) is 0 Å². The number of alkyl halides is 1. The normalized spacial score (nSPS) is 11.1. The molecule has 0 spiro atoms. The number of amides is 1. The summed E-state index contributed by atoms with van der Waals surface area (Å²) in [5.74, 6) is 0.323. The minimum absolute atomic E-state index is 0.00838. The van der Waals surface area contributed by atoms with Crippen LogP contribution in [-0.2, 0) is 13.2 Å². The molecule has 1 N–H and O–H groups in total. The summed E-state index contributed by atoms with van der Waals surface area (Å²) in [6.07, 6.45) is 0.867. The number of hydrogen-bond acceptors (Lipinski definition) is 2. The van der Waals surface area contributed by atoms with Crippen molar-refractivity contribution in [3.8, 4) is 11.1 Å². The second-order valence-electron chi connectivity index (χ2n) is 7.92. The van der Waals surface area contributed by atoms with Crippen LogP contribution in [0.1, 0.15) is 40.7 Å². The van der Waals surface area contributed by atoms with Crippen LogP contribution in [0, 0.1) is 6.92 Å². The van der Waals surface area contributed by atoms with Crippen molar-refractivity contribution in [2.75, 3.05) is 6.54 Å². The summed E-state index contributed by atoms with van der Waals surface area (Å²) in [4.78, 5) is 22.3. The standard InChI is InChI=1S/C26H25ClFN3O/c1-3-12-31(26(32)18-6-9-22(27)10-7-18)16-21-13-19(5-4-17(21)2)20-8-11-23-24(14-20)30-25(15-28)29-23/h4-11,13-14H,3,12,15-16H2,1-2H3,(H,29,30). The molecule has 0 aliphatic heterocycles. The number of nitrogens with zero attached hydrogens (tertiary/aromatic N) is 2.